The summed E-state index contributed by atoms with van der Waals surface area (Å²) >= 11 is 0. The van der Waals surface area contributed by atoms with E-state index in [1.807, 2.05) is 13.8 Å². The second kappa shape index (κ2) is 6.33. The van der Waals surface area contributed by atoms with Crippen molar-refractivity contribution in [2.75, 3.05) is 13.1 Å². The molecule has 3 unspecified atom stereocenters. The molecular formula is C12H24N2O3. The molecule has 1 fully saturated rings. The predicted molar refractivity (Wildman–Crippen MR) is 65.6 cm³/mol. The van der Waals surface area contributed by atoms with E-state index in [-0.39, 0.29) is 18.0 Å². The molecule has 0 saturated heterocycles. The van der Waals surface area contributed by atoms with Crippen LogP contribution in [0.2, 0.25) is 0 Å². The molecule has 5 nitrogen and oxygen atoms in total. The highest BCUT2D eigenvalue weighted by atomic mass is 16.3. The molecule has 1 rings (SSSR count). The van der Waals surface area contributed by atoms with E-state index in [0.717, 1.165) is 6.54 Å². The molecule has 0 bridgehead atoms. The van der Waals surface area contributed by atoms with Crippen LogP contribution in [-0.2, 0) is 4.79 Å². The Bertz CT molecular complexity index is 260. The lowest BCUT2D eigenvalue weighted by Gasteiger charge is -2.43. The lowest BCUT2D eigenvalue weighted by Crippen LogP contribution is -2.58. The van der Waals surface area contributed by atoms with Gasteiger partial charge >= 0.3 is 0 Å². The predicted octanol–water partition coefficient (Wildman–Crippen LogP) is -0.283. The number of aliphatic hydroxyl groups excluding tert-OH is 2. The van der Waals surface area contributed by atoms with Crippen LogP contribution in [0.25, 0.3) is 0 Å². The van der Waals surface area contributed by atoms with Crippen LogP contribution in [0, 0.1) is 0 Å². The Morgan fingerprint density at radius 3 is 2.35 bits per heavy atom. The van der Waals surface area contributed by atoms with Gasteiger partial charge in [-0.15, -0.1) is 0 Å². The molecule has 0 aliphatic heterocycles. The van der Waals surface area contributed by atoms with E-state index in [1.54, 1.807) is 11.8 Å². The van der Waals surface area contributed by atoms with Gasteiger partial charge in [0.05, 0.1) is 12.2 Å². The van der Waals surface area contributed by atoms with Gasteiger partial charge in [-0.2, -0.15) is 0 Å². The molecule has 1 aliphatic rings. The van der Waals surface area contributed by atoms with Crippen molar-refractivity contribution in [3.63, 3.8) is 0 Å². The molecule has 0 heterocycles. The fourth-order valence-corrected chi connectivity index (χ4v) is 2.66. The van der Waals surface area contributed by atoms with E-state index in [2.05, 4.69) is 5.32 Å². The zero-order valence-corrected chi connectivity index (χ0v) is 10.9. The van der Waals surface area contributed by atoms with Crippen molar-refractivity contribution in [2.45, 2.75) is 57.9 Å². The summed E-state index contributed by atoms with van der Waals surface area (Å²) in [6.07, 6.45) is -0.500. The molecule has 5 heteroatoms. The van der Waals surface area contributed by atoms with Gasteiger partial charge in [0.25, 0.3) is 0 Å². The average Bonchev–Trinajstić information content (AvgIpc) is 2.25. The van der Waals surface area contributed by atoms with Gasteiger partial charge in [-0.1, -0.05) is 6.92 Å². The van der Waals surface area contributed by atoms with E-state index in [4.69, 9.17) is 0 Å². The summed E-state index contributed by atoms with van der Waals surface area (Å²) in [6.45, 7) is 6.90. The number of carbonyl (C=O) groups excluding carboxylic acids is 1. The van der Waals surface area contributed by atoms with Gasteiger partial charge in [0.1, 0.15) is 0 Å². The molecule has 0 radical (unpaired) electrons. The maximum absolute atomic E-state index is 11.6. The van der Waals surface area contributed by atoms with Crippen LogP contribution in [0.4, 0.5) is 0 Å². The number of amides is 1. The first-order chi connectivity index (χ1) is 8.01. The van der Waals surface area contributed by atoms with Crippen molar-refractivity contribution in [1.82, 2.24) is 10.2 Å². The van der Waals surface area contributed by atoms with Crippen molar-refractivity contribution in [3.05, 3.63) is 0 Å². The van der Waals surface area contributed by atoms with Gasteiger partial charge < -0.3 is 20.4 Å². The Kier molecular flexibility index (Phi) is 5.36. The van der Waals surface area contributed by atoms with Crippen LogP contribution in [-0.4, -0.2) is 58.4 Å². The Morgan fingerprint density at radius 1 is 1.29 bits per heavy atom. The maximum Gasteiger partial charge on any atom is 0.219 e. The van der Waals surface area contributed by atoms with Crippen molar-refractivity contribution >= 4 is 5.91 Å². The van der Waals surface area contributed by atoms with Gasteiger partial charge in [0.2, 0.25) is 5.91 Å². The molecule has 0 aromatic heterocycles. The zero-order chi connectivity index (χ0) is 13.0. The normalized spacial score (nSPS) is 33.5. The largest absolute Gasteiger partial charge is 0.390 e. The van der Waals surface area contributed by atoms with Crippen molar-refractivity contribution in [1.29, 1.82) is 0 Å². The number of rotatable bonds is 4. The Balaban J connectivity index is 2.80. The Morgan fingerprint density at radius 2 is 1.88 bits per heavy atom. The Labute approximate surface area is 103 Å². The van der Waals surface area contributed by atoms with Crippen LogP contribution < -0.4 is 5.32 Å². The van der Waals surface area contributed by atoms with E-state index in [1.165, 1.54) is 0 Å². The molecule has 1 aliphatic carbocycles. The molecule has 1 amide bonds. The zero-order valence-electron chi connectivity index (χ0n) is 10.9. The standard InChI is InChI=1S/C12H24N2O3/c1-4-13-9-6-11(16)12(17)7-10(9)14(5-2)8(3)15/h9-13,16-17H,4-7H2,1-3H3/t9?,10?,11?,12-/m0/s1. The van der Waals surface area contributed by atoms with Crippen LogP contribution >= 0.6 is 0 Å². The van der Waals surface area contributed by atoms with Crippen LogP contribution in [0.3, 0.4) is 0 Å². The molecule has 3 N–H and O–H groups in total. The maximum atomic E-state index is 11.6. The summed E-state index contributed by atoms with van der Waals surface area (Å²) < 4.78 is 0. The monoisotopic (exact) mass is 244 g/mol. The highest BCUT2D eigenvalue weighted by Crippen LogP contribution is 2.24. The average molecular weight is 244 g/mol. The van der Waals surface area contributed by atoms with Gasteiger partial charge in [-0.05, 0) is 26.3 Å². The van der Waals surface area contributed by atoms with Gasteiger partial charge in [-0.3, -0.25) is 4.79 Å². The SMILES string of the molecule is CCNC1CC(O)[C@@H](O)CC1N(CC)C(C)=O. The van der Waals surface area contributed by atoms with Gasteiger partial charge in [-0.25, -0.2) is 0 Å². The van der Waals surface area contributed by atoms with Gasteiger partial charge in [0, 0.05) is 25.6 Å². The molecular weight excluding hydrogens is 220 g/mol. The van der Waals surface area contributed by atoms with Crippen LogP contribution in [0.1, 0.15) is 33.6 Å². The number of aliphatic hydroxyl groups is 2. The lowest BCUT2D eigenvalue weighted by atomic mass is 9.85. The van der Waals surface area contributed by atoms with Crippen molar-refractivity contribution in [3.8, 4) is 0 Å². The highest BCUT2D eigenvalue weighted by molar-refractivity contribution is 5.73. The third-order valence-corrected chi connectivity index (χ3v) is 3.50. The quantitative estimate of drug-likeness (QED) is 0.636. The minimum absolute atomic E-state index is 0.0176. The van der Waals surface area contributed by atoms with E-state index in [9.17, 15) is 15.0 Å². The molecule has 0 spiro atoms. The number of likely N-dealkylation sites (N-methyl/N-ethyl adjacent to an activating group) is 2. The third-order valence-electron chi connectivity index (χ3n) is 3.50. The summed E-state index contributed by atoms with van der Waals surface area (Å²) in [5.41, 5.74) is 0. The summed E-state index contributed by atoms with van der Waals surface area (Å²) in [5, 5.41) is 22.7. The number of nitrogens with zero attached hydrogens (tertiary/aromatic N) is 1. The van der Waals surface area contributed by atoms with E-state index in [0.29, 0.717) is 19.4 Å². The Hall–Kier alpha value is -0.650. The number of hydrogen-bond donors (Lipinski definition) is 3. The topological polar surface area (TPSA) is 72.8 Å². The molecule has 0 aromatic rings. The summed E-state index contributed by atoms with van der Waals surface area (Å²) in [5.74, 6) is 0.0176. The number of hydrogen-bond acceptors (Lipinski definition) is 4. The molecule has 17 heavy (non-hydrogen) atoms. The molecule has 4 atom stereocenters. The van der Waals surface area contributed by atoms with E-state index < -0.39 is 12.2 Å². The molecule has 1 saturated carbocycles. The van der Waals surface area contributed by atoms with Crippen LogP contribution in [0.5, 0.6) is 0 Å². The van der Waals surface area contributed by atoms with Crippen LogP contribution in [0.15, 0.2) is 0 Å². The minimum atomic E-state index is -0.733. The fraction of sp³-hybridized carbons (Fsp3) is 0.917. The third kappa shape index (κ3) is 3.40. The second-order valence-corrected chi connectivity index (χ2v) is 4.64. The number of nitrogens with one attached hydrogen (secondary N) is 1. The second-order valence-electron chi connectivity index (χ2n) is 4.64. The number of carbonyl (C=O) groups is 1. The van der Waals surface area contributed by atoms with Gasteiger partial charge in [0.15, 0.2) is 0 Å². The first kappa shape index (κ1) is 14.4. The smallest absolute Gasteiger partial charge is 0.219 e. The fourth-order valence-electron chi connectivity index (χ4n) is 2.66. The summed E-state index contributed by atoms with van der Waals surface area (Å²) in [7, 11) is 0. The molecule has 100 valence electrons. The summed E-state index contributed by atoms with van der Waals surface area (Å²) in [6, 6.07) is 0.0260. The van der Waals surface area contributed by atoms with E-state index >= 15 is 0 Å². The van der Waals surface area contributed by atoms with Crippen molar-refractivity contribution < 1.29 is 15.0 Å². The first-order valence-corrected chi connectivity index (χ1v) is 6.37. The first-order valence-electron chi connectivity index (χ1n) is 6.37. The lowest BCUT2D eigenvalue weighted by molar-refractivity contribution is -0.135. The highest BCUT2D eigenvalue weighted by Gasteiger charge is 2.38. The summed E-state index contributed by atoms with van der Waals surface area (Å²) in [4.78, 5) is 13.3. The minimum Gasteiger partial charge on any atom is -0.390 e. The molecule has 0 aromatic carbocycles. The van der Waals surface area contributed by atoms with Crippen molar-refractivity contribution in [2.24, 2.45) is 0 Å².